The molecule has 0 spiro atoms. The van der Waals surface area contributed by atoms with Crippen LogP contribution in [0.5, 0.6) is 0 Å². The molecule has 0 bridgehead atoms. The molecule has 1 aromatic heterocycles. The minimum absolute atomic E-state index is 0.314. The summed E-state index contributed by atoms with van der Waals surface area (Å²) in [5.74, 6) is 2.52. The van der Waals surface area contributed by atoms with Gasteiger partial charge in [0.2, 0.25) is 0 Å². The summed E-state index contributed by atoms with van der Waals surface area (Å²) < 4.78 is 12.7. The van der Waals surface area contributed by atoms with Crippen LogP contribution in [0.2, 0.25) is 0 Å². The highest BCUT2D eigenvalue weighted by Crippen LogP contribution is 2.04. The third-order valence-electron chi connectivity index (χ3n) is 3.79. The van der Waals surface area contributed by atoms with Crippen molar-refractivity contribution in [2.75, 3.05) is 33.0 Å². The number of aliphatic imine (C=N–C) groups is 1. The molecule has 1 atom stereocenters. The van der Waals surface area contributed by atoms with Gasteiger partial charge in [-0.25, -0.2) is 4.99 Å². The second-order valence-electron chi connectivity index (χ2n) is 5.57. The Morgan fingerprint density at radius 2 is 2.35 bits per heavy atom. The molecule has 0 radical (unpaired) electrons. The monoisotopic (exact) mass is 324 g/mol. The van der Waals surface area contributed by atoms with Crippen molar-refractivity contribution in [2.24, 2.45) is 12.0 Å². The van der Waals surface area contributed by atoms with E-state index in [1.165, 1.54) is 0 Å². The van der Waals surface area contributed by atoms with Gasteiger partial charge in [-0.2, -0.15) is 0 Å². The average molecular weight is 324 g/mol. The number of guanidine groups is 1. The Labute approximate surface area is 137 Å². The Balaban J connectivity index is 1.88. The fourth-order valence-electron chi connectivity index (χ4n) is 2.26. The first-order valence-electron chi connectivity index (χ1n) is 8.26. The molecule has 8 nitrogen and oxygen atoms in total. The minimum atomic E-state index is 0.314. The fourth-order valence-corrected chi connectivity index (χ4v) is 2.26. The largest absolute Gasteiger partial charge is 0.382 e. The zero-order valence-electron chi connectivity index (χ0n) is 14.3. The van der Waals surface area contributed by atoms with E-state index in [4.69, 9.17) is 9.47 Å². The summed E-state index contributed by atoms with van der Waals surface area (Å²) in [6.45, 7) is 8.28. The molecule has 2 heterocycles. The standard InChI is InChI=1S/C15H28N6O2/c1-4-22-8-5-7-16-15(18-13-6-9-23-11-13)17-10-14-20-19-12(2)21(14)3/h13H,4-11H2,1-3H3,(H2,16,17,18). The van der Waals surface area contributed by atoms with Crippen molar-refractivity contribution >= 4 is 5.96 Å². The summed E-state index contributed by atoms with van der Waals surface area (Å²) in [5, 5.41) is 15.0. The first-order valence-corrected chi connectivity index (χ1v) is 8.26. The minimum Gasteiger partial charge on any atom is -0.382 e. The molecule has 2 rings (SSSR count). The zero-order chi connectivity index (χ0) is 16.5. The Hall–Kier alpha value is -1.67. The lowest BCUT2D eigenvalue weighted by Crippen LogP contribution is -2.44. The predicted octanol–water partition coefficient (Wildman–Crippen LogP) is 0.374. The van der Waals surface area contributed by atoms with Crippen molar-refractivity contribution in [1.29, 1.82) is 0 Å². The van der Waals surface area contributed by atoms with Gasteiger partial charge in [0.1, 0.15) is 12.4 Å². The first kappa shape index (κ1) is 17.7. The van der Waals surface area contributed by atoms with Crippen LogP contribution < -0.4 is 10.6 Å². The van der Waals surface area contributed by atoms with Crippen LogP contribution in [0.25, 0.3) is 0 Å². The number of aromatic nitrogens is 3. The van der Waals surface area contributed by atoms with Crippen LogP contribution in [0, 0.1) is 6.92 Å². The van der Waals surface area contributed by atoms with Gasteiger partial charge in [0.05, 0.1) is 12.6 Å². The number of nitrogens with one attached hydrogen (secondary N) is 2. The maximum atomic E-state index is 5.41. The fraction of sp³-hybridized carbons (Fsp3) is 0.800. The van der Waals surface area contributed by atoms with Gasteiger partial charge in [-0.3, -0.25) is 0 Å². The summed E-state index contributed by atoms with van der Waals surface area (Å²) in [4.78, 5) is 4.62. The summed E-state index contributed by atoms with van der Waals surface area (Å²) in [7, 11) is 1.95. The summed E-state index contributed by atoms with van der Waals surface area (Å²) in [6.07, 6.45) is 1.95. The van der Waals surface area contributed by atoms with Crippen LogP contribution in [0.1, 0.15) is 31.4 Å². The van der Waals surface area contributed by atoms with Crippen molar-refractivity contribution in [3.63, 3.8) is 0 Å². The van der Waals surface area contributed by atoms with Crippen LogP contribution in [-0.4, -0.2) is 59.7 Å². The highest BCUT2D eigenvalue weighted by atomic mass is 16.5. The summed E-state index contributed by atoms with van der Waals surface area (Å²) >= 11 is 0. The number of ether oxygens (including phenoxy) is 2. The molecule has 1 saturated heterocycles. The lowest BCUT2D eigenvalue weighted by Gasteiger charge is -2.16. The van der Waals surface area contributed by atoms with Crippen LogP contribution in [0.15, 0.2) is 4.99 Å². The van der Waals surface area contributed by atoms with Crippen LogP contribution in [0.3, 0.4) is 0 Å². The molecular weight excluding hydrogens is 296 g/mol. The average Bonchev–Trinajstić information content (AvgIpc) is 3.16. The van der Waals surface area contributed by atoms with Gasteiger partial charge in [0, 0.05) is 33.4 Å². The van der Waals surface area contributed by atoms with E-state index in [-0.39, 0.29) is 0 Å². The van der Waals surface area contributed by atoms with Crippen molar-refractivity contribution < 1.29 is 9.47 Å². The van der Waals surface area contributed by atoms with Gasteiger partial charge < -0.3 is 24.7 Å². The van der Waals surface area contributed by atoms with E-state index in [1.54, 1.807) is 0 Å². The molecule has 130 valence electrons. The Morgan fingerprint density at radius 1 is 1.48 bits per heavy atom. The van der Waals surface area contributed by atoms with Crippen molar-refractivity contribution in [3.05, 3.63) is 11.6 Å². The second kappa shape index (κ2) is 9.46. The Bertz CT molecular complexity index is 496. The molecule has 0 aliphatic carbocycles. The molecule has 0 amide bonds. The van der Waals surface area contributed by atoms with Crippen molar-refractivity contribution in [1.82, 2.24) is 25.4 Å². The summed E-state index contributed by atoms with van der Waals surface area (Å²) in [5.41, 5.74) is 0. The van der Waals surface area contributed by atoms with Crippen LogP contribution >= 0.6 is 0 Å². The number of hydrogen-bond donors (Lipinski definition) is 2. The molecule has 8 heteroatoms. The van der Waals surface area contributed by atoms with Gasteiger partial charge >= 0.3 is 0 Å². The van der Waals surface area contributed by atoms with Crippen molar-refractivity contribution in [3.8, 4) is 0 Å². The first-order chi connectivity index (χ1) is 11.2. The molecule has 0 saturated carbocycles. The topological polar surface area (TPSA) is 85.6 Å². The lowest BCUT2D eigenvalue weighted by atomic mass is 10.3. The van der Waals surface area contributed by atoms with E-state index < -0.39 is 0 Å². The van der Waals surface area contributed by atoms with Crippen LogP contribution in [-0.2, 0) is 23.1 Å². The molecule has 2 N–H and O–H groups in total. The third kappa shape index (κ3) is 5.80. The highest BCUT2D eigenvalue weighted by molar-refractivity contribution is 5.80. The molecule has 1 unspecified atom stereocenters. The van der Waals surface area contributed by atoms with Gasteiger partial charge in [-0.1, -0.05) is 0 Å². The zero-order valence-corrected chi connectivity index (χ0v) is 14.3. The summed E-state index contributed by atoms with van der Waals surface area (Å²) in [6, 6.07) is 0.314. The molecule has 0 aromatic carbocycles. The van der Waals surface area contributed by atoms with Gasteiger partial charge in [0.25, 0.3) is 0 Å². The van der Waals surface area contributed by atoms with E-state index >= 15 is 0 Å². The molecule has 1 aromatic rings. The molecule has 23 heavy (non-hydrogen) atoms. The Kier molecular flexibility index (Phi) is 7.28. The van der Waals surface area contributed by atoms with E-state index in [0.29, 0.717) is 12.6 Å². The number of aryl methyl sites for hydroxylation is 1. The normalized spacial score (nSPS) is 18.4. The highest BCUT2D eigenvalue weighted by Gasteiger charge is 2.16. The Morgan fingerprint density at radius 3 is 3.00 bits per heavy atom. The number of hydrogen-bond acceptors (Lipinski definition) is 5. The molecule has 1 aliphatic rings. The maximum absolute atomic E-state index is 5.41. The second-order valence-corrected chi connectivity index (χ2v) is 5.57. The van der Waals surface area contributed by atoms with Crippen LogP contribution in [0.4, 0.5) is 0 Å². The third-order valence-corrected chi connectivity index (χ3v) is 3.79. The molecular formula is C15H28N6O2. The van der Waals surface area contributed by atoms with E-state index in [2.05, 4.69) is 25.8 Å². The lowest BCUT2D eigenvalue weighted by molar-refractivity contribution is 0.145. The van der Waals surface area contributed by atoms with Gasteiger partial charge in [0.15, 0.2) is 11.8 Å². The van der Waals surface area contributed by atoms with E-state index in [1.807, 2.05) is 25.5 Å². The number of rotatable bonds is 8. The predicted molar refractivity (Wildman–Crippen MR) is 88.4 cm³/mol. The SMILES string of the molecule is CCOCCCNC(=NCc1nnc(C)n1C)NC1CCOC1. The van der Waals surface area contributed by atoms with E-state index in [9.17, 15) is 0 Å². The smallest absolute Gasteiger partial charge is 0.192 e. The van der Waals surface area contributed by atoms with E-state index in [0.717, 1.165) is 63.4 Å². The van der Waals surface area contributed by atoms with Gasteiger partial charge in [-0.15, -0.1) is 10.2 Å². The molecule has 1 fully saturated rings. The number of nitrogens with zero attached hydrogens (tertiary/aromatic N) is 4. The van der Waals surface area contributed by atoms with Crippen molar-refractivity contribution in [2.45, 2.75) is 39.3 Å². The molecule has 1 aliphatic heterocycles. The quantitative estimate of drug-likeness (QED) is 0.408. The van der Waals surface area contributed by atoms with Gasteiger partial charge in [-0.05, 0) is 26.7 Å². The maximum Gasteiger partial charge on any atom is 0.192 e.